The van der Waals surface area contributed by atoms with E-state index < -0.39 is 0 Å². The number of imidazole rings is 1. The molecule has 146 valence electrons. The lowest BCUT2D eigenvalue weighted by Gasteiger charge is -2.32. The van der Waals surface area contributed by atoms with Crippen LogP contribution in [0.15, 0.2) is 42.7 Å². The molecule has 0 unspecified atom stereocenters. The van der Waals surface area contributed by atoms with Gasteiger partial charge in [0.25, 0.3) is 0 Å². The fourth-order valence-electron chi connectivity index (χ4n) is 3.59. The van der Waals surface area contributed by atoms with Crippen molar-refractivity contribution in [2.24, 2.45) is 5.92 Å². The number of carbonyl (C=O) groups excluding carboxylic acids is 1. The topological polar surface area (TPSA) is 75.9 Å². The van der Waals surface area contributed by atoms with Gasteiger partial charge in [-0.2, -0.15) is 0 Å². The zero-order valence-corrected chi connectivity index (χ0v) is 16.7. The summed E-state index contributed by atoms with van der Waals surface area (Å²) in [5.41, 5.74) is 1.19. The molecule has 0 spiro atoms. The summed E-state index contributed by atoms with van der Waals surface area (Å²) in [5, 5.41) is 12.7. The third-order valence-electron chi connectivity index (χ3n) is 5.06. The van der Waals surface area contributed by atoms with Crippen LogP contribution < -0.4 is 5.32 Å². The van der Waals surface area contributed by atoms with E-state index in [1.165, 1.54) is 16.9 Å². The Morgan fingerprint density at radius 3 is 2.93 bits per heavy atom. The molecular formula is C20H24N6OS. The largest absolute Gasteiger partial charge is 0.335 e. The summed E-state index contributed by atoms with van der Waals surface area (Å²) in [7, 11) is 0. The highest BCUT2D eigenvalue weighted by molar-refractivity contribution is 7.15. The van der Waals surface area contributed by atoms with Crippen LogP contribution >= 0.6 is 11.3 Å². The van der Waals surface area contributed by atoms with Crippen molar-refractivity contribution < 1.29 is 4.79 Å². The smallest absolute Gasteiger partial charge is 0.323 e. The normalized spacial score (nSPS) is 16.9. The molecule has 0 bridgehead atoms. The number of nitrogens with one attached hydrogen (secondary N) is 1. The van der Waals surface area contributed by atoms with Gasteiger partial charge < -0.3 is 9.47 Å². The van der Waals surface area contributed by atoms with Crippen molar-refractivity contribution in [1.29, 1.82) is 0 Å². The Hall–Kier alpha value is -2.74. The van der Waals surface area contributed by atoms with Crippen LogP contribution in [0.25, 0.3) is 0 Å². The van der Waals surface area contributed by atoms with Crippen LogP contribution in [0.4, 0.5) is 9.93 Å². The molecule has 1 aromatic carbocycles. The van der Waals surface area contributed by atoms with Crippen LogP contribution in [0, 0.1) is 12.8 Å². The van der Waals surface area contributed by atoms with Gasteiger partial charge in [0, 0.05) is 38.4 Å². The second-order valence-electron chi connectivity index (χ2n) is 7.17. The molecule has 28 heavy (non-hydrogen) atoms. The zero-order chi connectivity index (χ0) is 19.3. The Labute approximate surface area is 168 Å². The monoisotopic (exact) mass is 396 g/mol. The maximum absolute atomic E-state index is 12.7. The van der Waals surface area contributed by atoms with E-state index in [0.717, 1.165) is 49.7 Å². The summed E-state index contributed by atoms with van der Waals surface area (Å²) in [4.78, 5) is 18.9. The van der Waals surface area contributed by atoms with Crippen molar-refractivity contribution in [3.63, 3.8) is 0 Å². The van der Waals surface area contributed by atoms with Gasteiger partial charge >= 0.3 is 6.03 Å². The number of urea groups is 1. The summed E-state index contributed by atoms with van der Waals surface area (Å²) >= 11 is 1.43. The Balaban J connectivity index is 1.32. The number of rotatable bonds is 5. The van der Waals surface area contributed by atoms with Crippen LogP contribution in [0.3, 0.4) is 0 Å². The lowest BCUT2D eigenvalue weighted by Crippen LogP contribution is -2.43. The third kappa shape index (κ3) is 4.56. The molecular weight excluding hydrogens is 372 g/mol. The maximum atomic E-state index is 12.7. The number of carbonyl (C=O) groups is 1. The first-order valence-electron chi connectivity index (χ1n) is 9.57. The standard InChI is InChI=1S/C20H24N6OS/c1-15-21-9-11-25(15)13-17-8-5-10-26(14-17)20(27)22-19-24-23-18(28-19)12-16-6-3-2-4-7-16/h2-4,6-7,9,11,17H,5,8,10,12-14H2,1H3,(H,22,24,27)/t17-/m1/s1. The Kier molecular flexibility index (Phi) is 5.66. The van der Waals surface area contributed by atoms with E-state index in [4.69, 9.17) is 0 Å². The molecule has 1 atom stereocenters. The molecule has 0 aliphatic carbocycles. The maximum Gasteiger partial charge on any atom is 0.323 e. The number of benzene rings is 1. The predicted molar refractivity (Wildman–Crippen MR) is 109 cm³/mol. The number of hydrogen-bond acceptors (Lipinski definition) is 5. The average molecular weight is 397 g/mol. The first-order chi connectivity index (χ1) is 13.7. The van der Waals surface area contributed by atoms with Gasteiger partial charge in [-0.05, 0) is 31.2 Å². The summed E-state index contributed by atoms with van der Waals surface area (Å²) in [6, 6.07) is 10.1. The fraction of sp³-hybridized carbons (Fsp3) is 0.400. The Morgan fingerprint density at radius 2 is 2.14 bits per heavy atom. The van der Waals surface area contributed by atoms with E-state index in [9.17, 15) is 4.79 Å². The van der Waals surface area contributed by atoms with E-state index in [2.05, 4.69) is 37.2 Å². The highest BCUT2D eigenvalue weighted by Gasteiger charge is 2.25. The molecule has 7 nitrogen and oxygen atoms in total. The van der Waals surface area contributed by atoms with Crippen LogP contribution in [-0.2, 0) is 13.0 Å². The fourth-order valence-corrected chi connectivity index (χ4v) is 4.35. The van der Waals surface area contributed by atoms with Gasteiger partial charge in [-0.3, -0.25) is 5.32 Å². The molecule has 1 N–H and O–H groups in total. The highest BCUT2D eigenvalue weighted by Crippen LogP contribution is 2.22. The summed E-state index contributed by atoms with van der Waals surface area (Å²) in [6.07, 6.45) is 6.70. The molecule has 3 heterocycles. The van der Waals surface area contributed by atoms with Crippen LogP contribution in [0.5, 0.6) is 0 Å². The van der Waals surface area contributed by atoms with Crippen molar-refractivity contribution in [3.8, 4) is 0 Å². The predicted octanol–water partition coefficient (Wildman–Crippen LogP) is 3.58. The van der Waals surface area contributed by atoms with Gasteiger partial charge in [-0.15, -0.1) is 10.2 Å². The summed E-state index contributed by atoms with van der Waals surface area (Å²) < 4.78 is 2.16. The minimum Gasteiger partial charge on any atom is -0.335 e. The third-order valence-corrected chi connectivity index (χ3v) is 5.90. The van der Waals surface area contributed by atoms with Crippen LogP contribution in [0.1, 0.15) is 29.2 Å². The van der Waals surface area contributed by atoms with Gasteiger partial charge in [0.15, 0.2) is 0 Å². The quantitative estimate of drug-likeness (QED) is 0.715. The van der Waals surface area contributed by atoms with E-state index in [1.54, 1.807) is 0 Å². The first-order valence-corrected chi connectivity index (χ1v) is 10.4. The Bertz CT molecular complexity index is 922. The zero-order valence-electron chi connectivity index (χ0n) is 15.9. The molecule has 1 saturated heterocycles. The number of nitrogens with zero attached hydrogens (tertiary/aromatic N) is 5. The summed E-state index contributed by atoms with van der Waals surface area (Å²) in [6.45, 7) is 4.44. The van der Waals surface area contributed by atoms with Crippen LogP contribution in [0.2, 0.25) is 0 Å². The Morgan fingerprint density at radius 1 is 1.29 bits per heavy atom. The summed E-state index contributed by atoms with van der Waals surface area (Å²) in [5.74, 6) is 1.46. The van der Waals surface area contributed by atoms with Crippen LogP contribution in [-0.4, -0.2) is 43.8 Å². The second kappa shape index (κ2) is 8.52. The molecule has 1 aliphatic heterocycles. The minimum atomic E-state index is -0.0885. The van der Waals surface area contributed by atoms with E-state index in [0.29, 0.717) is 11.0 Å². The van der Waals surface area contributed by atoms with Crippen molar-refractivity contribution in [2.75, 3.05) is 18.4 Å². The molecule has 3 aromatic rings. The molecule has 2 aromatic heterocycles. The van der Waals surface area contributed by atoms with Gasteiger partial charge in [-0.1, -0.05) is 41.7 Å². The van der Waals surface area contributed by atoms with Crippen molar-refractivity contribution >= 4 is 22.5 Å². The van der Waals surface area contributed by atoms with E-state index >= 15 is 0 Å². The van der Waals surface area contributed by atoms with E-state index in [1.807, 2.05) is 42.4 Å². The lowest BCUT2D eigenvalue weighted by molar-refractivity contribution is 0.170. The molecule has 0 radical (unpaired) electrons. The average Bonchev–Trinajstić information content (AvgIpc) is 3.32. The molecule has 1 fully saturated rings. The molecule has 4 rings (SSSR count). The van der Waals surface area contributed by atoms with E-state index in [-0.39, 0.29) is 6.03 Å². The van der Waals surface area contributed by atoms with Gasteiger partial charge in [0.2, 0.25) is 5.13 Å². The molecule has 0 saturated carbocycles. The minimum absolute atomic E-state index is 0.0885. The number of amides is 2. The molecule has 1 aliphatic rings. The number of piperidine rings is 1. The molecule has 8 heteroatoms. The number of anilines is 1. The second-order valence-corrected chi connectivity index (χ2v) is 8.24. The number of likely N-dealkylation sites (tertiary alicyclic amines) is 1. The van der Waals surface area contributed by atoms with Gasteiger partial charge in [0.1, 0.15) is 10.8 Å². The highest BCUT2D eigenvalue weighted by atomic mass is 32.1. The number of hydrogen-bond donors (Lipinski definition) is 1. The number of aromatic nitrogens is 4. The number of aryl methyl sites for hydroxylation is 1. The lowest BCUT2D eigenvalue weighted by atomic mass is 9.98. The van der Waals surface area contributed by atoms with Crippen molar-refractivity contribution in [2.45, 2.75) is 32.7 Å². The van der Waals surface area contributed by atoms with Crippen molar-refractivity contribution in [3.05, 3.63) is 59.1 Å². The van der Waals surface area contributed by atoms with Crippen molar-refractivity contribution in [1.82, 2.24) is 24.6 Å². The van der Waals surface area contributed by atoms with Gasteiger partial charge in [-0.25, -0.2) is 9.78 Å². The van der Waals surface area contributed by atoms with Gasteiger partial charge in [0.05, 0.1) is 0 Å². The SMILES string of the molecule is Cc1nccn1C[C@H]1CCCN(C(=O)Nc2nnc(Cc3ccccc3)s2)C1. The molecule has 2 amide bonds. The first kappa shape index (κ1) is 18.6.